The van der Waals surface area contributed by atoms with Crippen LogP contribution >= 0.6 is 53.7 Å². The Bertz CT molecular complexity index is 1450. The number of halogens is 4. The second-order valence-electron chi connectivity index (χ2n) is 7.75. The average molecular weight is 617 g/mol. The van der Waals surface area contributed by atoms with E-state index in [1.54, 1.807) is 35.0 Å². The molecule has 33 heavy (non-hydrogen) atoms. The topological polar surface area (TPSA) is 36.2 Å². The Kier molecular flexibility index (Phi) is 6.17. The quantitative estimate of drug-likeness (QED) is 0.164. The van der Waals surface area contributed by atoms with Crippen molar-refractivity contribution in [3.8, 4) is 22.6 Å². The van der Waals surface area contributed by atoms with E-state index in [0.29, 0.717) is 16.8 Å². The van der Waals surface area contributed by atoms with Crippen molar-refractivity contribution in [2.24, 2.45) is 7.05 Å². The normalized spacial score (nSPS) is 14.6. The largest absolute Gasteiger partial charge is 0.454 e. The van der Waals surface area contributed by atoms with Gasteiger partial charge in [-0.05, 0) is 49.2 Å². The standard InChI is InChI=1S/C23H16ClF2IN2O2S2/c1-28-12-17(15-6-9-29(33-27)21(15)22(28)30)16-11-14(32-23(24)7-8-23)3-5-19(16)31-20-4-2-13(25)10-18(20)26/h2-6,9-12H,7-8H2,1H3. The van der Waals surface area contributed by atoms with Crippen molar-refractivity contribution in [1.29, 1.82) is 0 Å². The van der Waals surface area contributed by atoms with Crippen LogP contribution in [-0.2, 0) is 7.05 Å². The van der Waals surface area contributed by atoms with E-state index in [0.717, 1.165) is 40.8 Å². The summed E-state index contributed by atoms with van der Waals surface area (Å²) in [6, 6.07) is 10.6. The lowest BCUT2D eigenvalue weighted by atomic mass is 10.0. The predicted octanol–water partition coefficient (Wildman–Crippen LogP) is 7.74. The first-order valence-corrected chi connectivity index (χ1v) is 14.4. The van der Waals surface area contributed by atoms with Crippen LogP contribution in [0.5, 0.6) is 11.5 Å². The summed E-state index contributed by atoms with van der Waals surface area (Å²) in [5, 5.41) is 0.751. The lowest BCUT2D eigenvalue weighted by molar-refractivity contribution is 0.439. The molecule has 10 heteroatoms. The van der Waals surface area contributed by atoms with E-state index in [1.165, 1.54) is 19.8 Å². The predicted molar refractivity (Wildman–Crippen MR) is 140 cm³/mol. The molecule has 1 fully saturated rings. The van der Waals surface area contributed by atoms with Gasteiger partial charge in [0, 0.05) is 77.2 Å². The molecule has 0 aliphatic heterocycles. The second kappa shape index (κ2) is 8.83. The number of pyridine rings is 1. The molecule has 0 N–H and O–H groups in total. The third-order valence-corrected chi connectivity index (χ3v) is 8.96. The van der Waals surface area contributed by atoms with Crippen molar-refractivity contribution >= 4 is 64.6 Å². The third kappa shape index (κ3) is 4.52. The summed E-state index contributed by atoms with van der Waals surface area (Å²) < 4.78 is 36.7. The van der Waals surface area contributed by atoms with Crippen molar-refractivity contribution in [2.45, 2.75) is 21.9 Å². The third-order valence-electron chi connectivity index (χ3n) is 5.36. The summed E-state index contributed by atoms with van der Waals surface area (Å²) in [4.78, 5) is 13.8. The molecule has 0 atom stereocenters. The smallest absolute Gasteiger partial charge is 0.275 e. The molecule has 1 aliphatic rings. The lowest BCUT2D eigenvalue weighted by Crippen LogP contribution is -2.17. The van der Waals surface area contributed by atoms with Gasteiger partial charge in [-0.3, -0.25) is 8.77 Å². The number of ether oxygens (including phenoxy) is 1. The Labute approximate surface area is 214 Å². The second-order valence-corrected chi connectivity index (χ2v) is 11.9. The maximum Gasteiger partial charge on any atom is 0.275 e. The molecule has 1 aliphatic carbocycles. The Balaban J connectivity index is 1.70. The number of thioether (sulfide) groups is 1. The number of aryl methyl sites for hydroxylation is 1. The number of hydrogen-bond acceptors (Lipinski definition) is 4. The summed E-state index contributed by atoms with van der Waals surface area (Å²) in [7, 11) is 3.09. The van der Waals surface area contributed by atoms with Gasteiger partial charge in [0.15, 0.2) is 11.6 Å². The van der Waals surface area contributed by atoms with Crippen LogP contribution in [-0.4, -0.2) is 12.7 Å². The molecule has 2 heterocycles. The van der Waals surface area contributed by atoms with E-state index in [9.17, 15) is 13.6 Å². The Hall–Kier alpha value is -1.69. The van der Waals surface area contributed by atoms with E-state index >= 15 is 0 Å². The highest BCUT2D eigenvalue weighted by molar-refractivity contribution is 14.2. The number of aromatic nitrogens is 2. The molecule has 1 saturated carbocycles. The van der Waals surface area contributed by atoms with Crippen molar-refractivity contribution in [1.82, 2.24) is 8.54 Å². The highest BCUT2D eigenvalue weighted by Crippen LogP contribution is 2.55. The van der Waals surface area contributed by atoms with Crippen LogP contribution in [0.2, 0.25) is 0 Å². The summed E-state index contributed by atoms with van der Waals surface area (Å²) >= 11 is 10.2. The van der Waals surface area contributed by atoms with Gasteiger partial charge >= 0.3 is 0 Å². The first-order chi connectivity index (χ1) is 15.8. The van der Waals surface area contributed by atoms with E-state index in [1.807, 2.05) is 24.4 Å². The van der Waals surface area contributed by atoms with Gasteiger partial charge in [0.25, 0.3) is 5.56 Å². The molecule has 2 aromatic carbocycles. The van der Waals surface area contributed by atoms with Crippen LogP contribution in [0.3, 0.4) is 0 Å². The van der Waals surface area contributed by atoms with Gasteiger partial charge in [-0.2, -0.15) is 0 Å². The number of nitrogens with zero attached hydrogens (tertiary/aromatic N) is 2. The maximum atomic E-state index is 14.4. The zero-order valence-corrected chi connectivity index (χ0v) is 21.7. The van der Waals surface area contributed by atoms with Crippen molar-refractivity contribution in [3.05, 3.63) is 76.8 Å². The molecule has 0 unspecified atom stereocenters. The molecule has 5 rings (SSSR count). The summed E-state index contributed by atoms with van der Waals surface area (Å²) in [5.74, 6) is -1.18. The first kappa shape index (κ1) is 23.1. The molecule has 0 radical (unpaired) electrons. The fraction of sp³-hybridized carbons (Fsp3) is 0.174. The van der Waals surface area contributed by atoms with Gasteiger partial charge in [-0.1, -0.05) is 0 Å². The van der Waals surface area contributed by atoms with Crippen LogP contribution in [0.25, 0.3) is 22.0 Å². The fourth-order valence-corrected chi connectivity index (χ4v) is 6.30. The average Bonchev–Trinajstić information content (AvgIpc) is 3.34. The fourth-order valence-electron chi connectivity index (χ4n) is 3.56. The zero-order valence-electron chi connectivity index (χ0n) is 17.1. The molecule has 2 aromatic heterocycles. The number of hydrogen-bond donors (Lipinski definition) is 0. The van der Waals surface area contributed by atoms with E-state index in [4.69, 9.17) is 16.3 Å². The van der Waals surface area contributed by atoms with E-state index < -0.39 is 11.6 Å². The highest BCUT2D eigenvalue weighted by Gasteiger charge is 2.41. The molecule has 4 nitrogen and oxygen atoms in total. The minimum Gasteiger partial charge on any atom is -0.454 e. The molecule has 0 saturated heterocycles. The minimum atomic E-state index is -0.796. The van der Waals surface area contributed by atoms with Crippen molar-refractivity contribution in [2.75, 3.05) is 0 Å². The minimum absolute atomic E-state index is 0.0875. The van der Waals surface area contributed by atoms with Crippen molar-refractivity contribution in [3.63, 3.8) is 0 Å². The van der Waals surface area contributed by atoms with E-state index in [-0.39, 0.29) is 15.5 Å². The lowest BCUT2D eigenvalue weighted by Gasteiger charge is -2.16. The summed E-state index contributed by atoms with van der Waals surface area (Å²) in [6.45, 7) is 0. The maximum absolute atomic E-state index is 14.4. The molecule has 0 spiro atoms. The van der Waals surface area contributed by atoms with Crippen molar-refractivity contribution < 1.29 is 13.5 Å². The molecular formula is C23H16ClF2IN2O2S2. The molecule has 4 aromatic rings. The van der Waals surface area contributed by atoms with Gasteiger partial charge in [0.05, 0.1) is 4.21 Å². The van der Waals surface area contributed by atoms with Crippen LogP contribution in [0.4, 0.5) is 8.78 Å². The van der Waals surface area contributed by atoms with Gasteiger partial charge < -0.3 is 9.30 Å². The SMILES string of the molecule is Cn1cc(-c2cc(SC3(Cl)CC3)ccc2Oc2ccc(F)cc2F)c2ccn(SI)c2c1=O. The summed E-state index contributed by atoms with van der Waals surface area (Å²) in [6.07, 6.45) is 5.43. The first-order valence-electron chi connectivity index (χ1n) is 9.93. The molecule has 0 amide bonds. The van der Waals surface area contributed by atoms with Crippen LogP contribution in [0.1, 0.15) is 12.8 Å². The zero-order chi connectivity index (χ0) is 23.3. The summed E-state index contributed by atoms with van der Waals surface area (Å²) in [5.41, 5.74) is 1.86. The van der Waals surface area contributed by atoms with Gasteiger partial charge in [0.1, 0.15) is 17.1 Å². The Morgan fingerprint density at radius 3 is 2.55 bits per heavy atom. The van der Waals surface area contributed by atoms with Crippen LogP contribution < -0.4 is 10.3 Å². The van der Waals surface area contributed by atoms with Crippen LogP contribution in [0.15, 0.2) is 64.5 Å². The highest BCUT2D eigenvalue weighted by atomic mass is 127. The number of fused-ring (bicyclic) bond motifs is 1. The Morgan fingerprint density at radius 2 is 1.85 bits per heavy atom. The van der Waals surface area contributed by atoms with Gasteiger partial charge in [-0.25, -0.2) is 8.78 Å². The Morgan fingerprint density at radius 1 is 1.09 bits per heavy atom. The molecule has 0 bridgehead atoms. The van der Waals surface area contributed by atoms with Gasteiger partial charge in [-0.15, -0.1) is 23.4 Å². The van der Waals surface area contributed by atoms with Crippen LogP contribution in [0, 0.1) is 11.6 Å². The number of rotatable bonds is 6. The van der Waals surface area contributed by atoms with Gasteiger partial charge in [0.2, 0.25) is 0 Å². The number of alkyl halides is 1. The molecular weight excluding hydrogens is 601 g/mol. The molecule has 170 valence electrons. The number of benzene rings is 2. The monoisotopic (exact) mass is 616 g/mol. The van der Waals surface area contributed by atoms with E-state index in [2.05, 4.69) is 21.2 Å².